The minimum absolute atomic E-state index is 0.101. The van der Waals surface area contributed by atoms with Crippen LogP contribution >= 0.6 is 0 Å². The highest BCUT2D eigenvalue weighted by atomic mass is 16.3. The summed E-state index contributed by atoms with van der Waals surface area (Å²) in [7, 11) is 0. The third-order valence-corrected chi connectivity index (χ3v) is 3.70. The number of aliphatic hydroxyl groups is 1. The average molecular weight is 231 g/mol. The molecule has 1 aromatic heterocycles. The van der Waals surface area contributed by atoms with E-state index in [0.29, 0.717) is 5.92 Å². The number of rotatable bonds is 2. The van der Waals surface area contributed by atoms with E-state index in [1.807, 2.05) is 0 Å². The van der Waals surface area contributed by atoms with Gasteiger partial charge in [0.25, 0.3) is 0 Å². The summed E-state index contributed by atoms with van der Waals surface area (Å²) in [5, 5.41) is 10.0. The fourth-order valence-electron chi connectivity index (χ4n) is 2.85. The predicted octanol–water partition coefficient (Wildman–Crippen LogP) is 3.00. The Bertz CT molecular complexity index is 450. The van der Waals surface area contributed by atoms with Crippen LogP contribution in [0.5, 0.6) is 0 Å². The number of nitrogens with zero attached hydrogens (tertiary/aromatic N) is 1. The lowest BCUT2D eigenvalue weighted by atomic mass is 9.94. The van der Waals surface area contributed by atoms with Crippen LogP contribution in [0.3, 0.4) is 0 Å². The van der Waals surface area contributed by atoms with E-state index < -0.39 is 0 Å². The molecule has 0 saturated carbocycles. The Morgan fingerprint density at radius 1 is 1.53 bits per heavy atom. The van der Waals surface area contributed by atoms with Crippen molar-refractivity contribution in [3.8, 4) is 12.3 Å². The molecule has 0 radical (unpaired) electrons. The van der Waals surface area contributed by atoms with Gasteiger partial charge >= 0.3 is 0 Å². The molecule has 0 saturated heterocycles. The van der Waals surface area contributed by atoms with Crippen molar-refractivity contribution in [1.82, 2.24) is 4.57 Å². The topological polar surface area (TPSA) is 25.2 Å². The first kappa shape index (κ1) is 12.3. The molecule has 0 amide bonds. The molecule has 2 nitrogen and oxygen atoms in total. The lowest BCUT2D eigenvalue weighted by molar-refractivity contribution is 0.155. The van der Waals surface area contributed by atoms with Crippen LogP contribution in [-0.2, 0) is 6.42 Å². The van der Waals surface area contributed by atoms with E-state index in [2.05, 4.69) is 37.3 Å². The van der Waals surface area contributed by atoms with Gasteiger partial charge in [0.1, 0.15) is 0 Å². The minimum atomic E-state index is -0.302. The first-order valence-electron chi connectivity index (χ1n) is 6.41. The van der Waals surface area contributed by atoms with Crippen molar-refractivity contribution in [2.45, 2.75) is 52.2 Å². The maximum Gasteiger partial charge on any atom is 0.0966 e. The van der Waals surface area contributed by atoms with Crippen molar-refractivity contribution >= 4 is 0 Å². The van der Waals surface area contributed by atoms with Gasteiger partial charge in [-0.05, 0) is 38.2 Å². The Morgan fingerprint density at radius 2 is 2.24 bits per heavy atom. The van der Waals surface area contributed by atoms with Crippen molar-refractivity contribution in [2.75, 3.05) is 0 Å². The normalized spacial score (nSPS) is 21.1. The second kappa shape index (κ2) is 4.58. The van der Waals surface area contributed by atoms with Crippen molar-refractivity contribution in [1.29, 1.82) is 0 Å². The predicted molar refractivity (Wildman–Crippen MR) is 69.8 cm³/mol. The van der Waals surface area contributed by atoms with Gasteiger partial charge in [0, 0.05) is 17.0 Å². The Hall–Kier alpha value is -1.20. The molecule has 0 fully saturated rings. The van der Waals surface area contributed by atoms with Crippen LogP contribution in [0.15, 0.2) is 6.07 Å². The number of hydrogen-bond donors (Lipinski definition) is 1. The van der Waals surface area contributed by atoms with Crippen LogP contribution < -0.4 is 0 Å². The molecule has 0 aliphatic heterocycles. The van der Waals surface area contributed by atoms with E-state index in [9.17, 15) is 5.11 Å². The van der Waals surface area contributed by atoms with Crippen molar-refractivity contribution in [3.63, 3.8) is 0 Å². The van der Waals surface area contributed by atoms with Gasteiger partial charge in [0.15, 0.2) is 0 Å². The fraction of sp³-hybridized carbons (Fsp3) is 0.600. The van der Waals surface area contributed by atoms with Gasteiger partial charge in [-0.25, -0.2) is 0 Å². The van der Waals surface area contributed by atoms with Crippen LogP contribution in [0.4, 0.5) is 0 Å². The molecule has 0 spiro atoms. The molecule has 1 aromatic rings. The summed E-state index contributed by atoms with van der Waals surface area (Å²) < 4.78 is 2.25. The number of terminal acetylenes is 1. The highest BCUT2D eigenvalue weighted by molar-refractivity contribution is 5.33. The van der Waals surface area contributed by atoms with Crippen LogP contribution in [0.2, 0.25) is 0 Å². The van der Waals surface area contributed by atoms with E-state index >= 15 is 0 Å². The Morgan fingerprint density at radius 3 is 2.82 bits per heavy atom. The van der Waals surface area contributed by atoms with Crippen molar-refractivity contribution in [3.05, 3.63) is 23.0 Å². The number of aliphatic hydroxyl groups excluding tert-OH is 1. The second-order valence-corrected chi connectivity index (χ2v) is 5.32. The van der Waals surface area contributed by atoms with E-state index in [1.54, 1.807) is 0 Å². The average Bonchev–Trinajstić information content (AvgIpc) is 2.59. The summed E-state index contributed by atoms with van der Waals surface area (Å²) in [6.45, 7) is 6.38. The van der Waals surface area contributed by atoms with Gasteiger partial charge in [0.05, 0.1) is 12.1 Å². The SMILES string of the molecule is C#CC(C(C)C)n1c(C)cc2c1CCCC2O. The monoisotopic (exact) mass is 231 g/mol. The summed E-state index contributed by atoms with van der Waals surface area (Å²) >= 11 is 0. The zero-order chi connectivity index (χ0) is 12.6. The highest BCUT2D eigenvalue weighted by Gasteiger charge is 2.26. The second-order valence-electron chi connectivity index (χ2n) is 5.32. The molecular formula is C15H21NO. The minimum Gasteiger partial charge on any atom is -0.388 e. The van der Waals surface area contributed by atoms with E-state index in [-0.39, 0.29) is 12.1 Å². The summed E-state index contributed by atoms with van der Waals surface area (Å²) in [4.78, 5) is 0. The van der Waals surface area contributed by atoms with Crippen molar-refractivity contribution < 1.29 is 5.11 Å². The molecule has 17 heavy (non-hydrogen) atoms. The summed E-state index contributed by atoms with van der Waals surface area (Å²) in [5.74, 6) is 3.30. The Balaban J connectivity index is 2.51. The van der Waals surface area contributed by atoms with Gasteiger partial charge in [-0.15, -0.1) is 6.42 Å². The zero-order valence-electron chi connectivity index (χ0n) is 10.9. The number of aryl methyl sites for hydroxylation is 1. The summed E-state index contributed by atoms with van der Waals surface area (Å²) in [5.41, 5.74) is 3.51. The Labute approximate surface area is 104 Å². The molecule has 1 aliphatic carbocycles. The van der Waals surface area contributed by atoms with Crippen molar-refractivity contribution in [2.24, 2.45) is 5.92 Å². The molecule has 1 heterocycles. The maximum atomic E-state index is 10.0. The van der Waals surface area contributed by atoms with E-state index in [4.69, 9.17) is 6.42 Å². The van der Waals surface area contributed by atoms with Gasteiger partial charge in [-0.3, -0.25) is 0 Å². The summed E-state index contributed by atoms with van der Waals surface area (Å²) in [6, 6.07) is 2.20. The third kappa shape index (κ3) is 2.00. The fourth-order valence-corrected chi connectivity index (χ4v) is 2.85. The lowest BCUT2D eigenvalue weighted by Crippen LogP contribution is -2.19. The number of aromatic nitrogens is 1. The number of hydrogen-bond acceptors (Lipinski definition) is 1. The van der Waals surface area contributed by atoms with Crippen LogP contribution in [0.1, 0.15) is 55.8 Å². The summed E-state index contributed by atoms with van der Waals surface area (Å²) in [6.07, 6.45) is 8.32. The first-order valence-corrected chi connectivity index (χ1v) is 6.41. The quantitative estimate of drug-likeness (QED) is 0.778. The smallest absolute Gasteiger partial charge is 0.0966 e. The van der Waals surface area contributed by atoms with Gasteiger partial charge < -0.3 is 9.67 Å². The largest absolute Gasteiger partial charge is 0.388 e. The molecule has 2 heteroatoms. The molecule has 2 unspecified atom stereocenters. The standard InChI is InChI=1S/C15H21NO/c1-5-13(10(2)3)16-11(4)9-12-14(16)7-6-8-15(12)17/h1,9-10,13,15,17H,6-8H2,2-4H3. The molecular weight excluding hydrogens is 210 g/mol. The van der Waals surface area contributed by atoms with Crippen LogP contribution in [0, 0.1) is 25.2 Å². The molecule has 2 atom stereocenters. The van der Waals surface area contributed by atoms with E-state index in [1.165, 1.54) is 11.4 Å². The molecule has 1 aliphatic rings. The Kier molecular flexibility index (Phi) is 3.31. The molecule has 92 valence electrons. The van der Waals surface area contributed by atoms with Crippen LogP contribution in [0.25, 0.3) is 0 Å². The molecule has 1 N–H and O–H groups in total. The maximum absolute atomic E-state index is 10.0. The molecule has 0 aromatic carbocycles. The number of fused-ring (bicyclic) bond motifs is 1. The lowest BCUT2D eigenvalue weighted by Gasteiger charge is -2.25. The third-order valence-electron chi connectivity index (χ3n) is 3.70. The van der Waals surface area contributed by atoms with Gasteiger partial charge in [-0.2, -0.15) is 0 Å². The molecule has 0 bridgehead atoms. The van der Waals surface area contributed by atoms with Gasteiger partial charge in [-0.1, -0.05) is 19.8 Å². The molecule has 2 rings (SSSR count). The first-order chi connectivity index (χ1) is 8.06. The van der Waals surface area contributed by atoms with E-state index in [0.717, 1.165) is 24.8 Å². The van der Waals surface area contributed by atoms with Gasteiger partial charge in [0.2, 0.25) is 0 Å². The van der Waals surface area contributed by atoms with Crippen LogP contribution in [-0.4, -0.2) is 9.67 Å². The highest BCUT2D eigenvalue weighted by Crippen LogP contribution is 2.35. The zero-order valence-corrected chi connectivity index (χ0v) is 10.9.